The summed E-state index contributed by atoms with van der Waals surface area (Å²) in [5.41, 5.74) is 3.84. The van der Waals surface area contributed by atoms with E-state index in [9.17, 15) is 23.2 Å². The fraction of sp³-hybridized carbons (Fsp3) is 0.238. The summed E-state index contributed by atoms with van der Waals surface area (Å²) in [6, 6.07) is 9.17. The van der Waals surface area contributed by atoms with Crippen LogP contribution in [0.15, 0.2) is 47.3 Å². The molecule has 0 saturated heterocycles. The fourth-order valence-electron chi connectivity index (χ4n) is 2.95. The third-order valence-electron chi connectivity index (χ3n) is 4.53. The number of carbonyl (C=O) groups excluding carboxylic acids is 2. The minimum absolute atomic E-state index is 0.0349. The van der Waals surface area contributed by atoms with Crippen LogP contribution >= 0.6 is 0 Å². The zero-order valence-corrected chi connectivity index (χ0v) is 16.2. The largest absolute Gasteiger partial charge is 0.290 e. The van der Waals surface area contributed by atoms with Crippen LogP contribution in [0.4, 0.5) is 8.78 Å². The molecule has 0 bridgehead atoms. The third kappa shape index (κ3) is 4.51. The normalized spacial score (nSPS) is 10.8. The van der Waals surface area contributed by atoms with Crippen molar-refractivity contribution in [3.8, 4) is 0 Å². The standard InChI is InChI=1S/C21H20F2N4O3/c1-2-3-6-11-27-21(30)15-8-5-4-7-14(15)18(26-27)20(29)25-24-19(28)13-9-10-16(22)17(23)12-13/h4-5,7-10,12H,2-3,6,11H2,1H3,(H,24,28)(H,25,29). The number of amides is 2. The molecule has 30 heavy (non-hydrogen) atoms. The molecule has 2 aromatic carbocycles. The Labute approximate surface area is 170 Å². The van der Waals surface area contributed by atoms with Crippen LogP contribution in [0.25, 0.3) is 10.8 Å². The number of carbonyl (C=O) groups is 2. The van der Waals surface area contributed by atoms with Gasteiger partial charge in [0, 0.05) is 17.5 Å². The van der Waals surface area contributed by atoms with Gasteiger partial charge in [0.2, 0.25) is 0 Å². The van der Waals surface area contributed by atoms with Gasteiger partial charge in [-0.25, -0.2) is 13.5 Å². The van der Waals surface area contributed by atoms with Crippen LogP contribution in [-0.2, 0) is 6.54 Å². The summed E-state index contributed by atoms with van der Waals surface area (Å²) in [7, 11) is 0. The maximum atomic E-state index is 13.3. The molecule has 0 aliphatic rings. The van der Waals surface area contributed by atoms with Gasteiger partial charge in [-0.2, -0.15) is 5.10 Å². The Kier molecular flexibility index (Phi) is 6.51. The summed E-state index contributed by atoms with van der Waals surface area (Å²) in [4.78, 5) is 37.4. The topological polar surface area (TPSA) is 93.1 Å². The number of aromatic nitrogens is 2. The van der Waals surface area contributed by atoms with E-state index >= 15 is 0 Å². The summed E-state index contributed by atoms with van der Waals surface area (Å²) < 4.78 is 27.6. The first-order valence-electron chi connectivity index (χ1n) is 9.48. The van der Waals surface area contributed by atoms with Crippen LogP contribution in [-0.4, -0.2) is 21.6 Å². The van der Waals surface area contributed by atoms with Crippen molar-refractivity contribution in [3.05, 3.63) is 75.7 Å². The molecule has 1 aromatic heterocycles. The lowest BCUT2D eigenvalue weighted by molar-refractivity contribution is 0.0843. The van der Waals surface area contributed by atoms with Crippen LogP contribution < -0.4 is 16.4 Å². The van der Waals surface area contributed by atoms with Crippen molar-refractivity contribution < 1.29 is 18.4 Å². The van der Waals surface area contributed by atoms with Crippen LogP contribution in [0.5, 0.6) is 0 Å². The fourth-order valence-corrected chi connectivity index (χ4v) is 2.95. The molecule has 156 valence electrons. The Bertz CT molecular complexity index is 1160. The molecule has 0 saturated carbocycles. The number of unbranched alkanes of at least 4 members (excludes halogenated alkanes) is 2. The van der Waals surface area contributed by atoms with E-state index in [4.69, 9.17) is 0 Å². The van der Waals surface area contributed by atoms with E-state index in [1.54, 1.807) is 24.3 Å². The lowest BCUT2D eigenvalue weighted by Gasteiger charge is -2.12. The van der Waals surface area contributed by atoms with Gasteiger partial charge in [-0.15, -0.1) is 0 Å². The second-order valence-electron chi connectivity index (χ2n) is 6.67. The number of nitrogens with one attached hydrogen (secondary N) is 2. The Morgan fingerprint density at radius 1 is 0.967 bits per heavy atom. The summed E-state index contributed by atoms with van der Waals surface area (Å²) in [5.74, 6) is -3.84. The highest BCUT2D eigenvalue weighted by Gasteiger charge is 2.18. The lowest BCUT2D eigenvalue weighted by atomic mass is 10.1. The number of aryl methyl sites for hydroxylation is 1. The zero-order chi connectivity index (χ0) is 21.7. The predicted octanol–water partition coefficient (Wildman–Crippen LogP) is 2.94. The molecule has 3 aromatic rings. The van der Waals surface area contributed by atoms with Crippen molar-refractivity contribution in [2.45, 2.75) is 32.7 Å². The maximum absolute atomic E-state index is 13.3. The van der Waals surface area contributed by atoms with E-state index < -0.39 is 23.4 Å². The van der Waals surface area contributed by atoms with Gasteiger partial charge in [-0.1, -0.05) is 38.0 Å². The molecular formula is C21H20F2N4O3. The van der Waals surface area contributed by atoms with Gasteiger partial charge in [0.25, 0.3) is 17.4 Å². The molecule has 0 fully saturated rings. The highest BCUT2D eigenvalue weighted by molar-refractivity contribution is 6.06. The van der Waals surface area contributed by atoms with E-state index in [2.05, 4.69) is 16.0 Å². The zero-order valence-electron chi connectivity index (χ0n) is 16.2. The van der Waals surface area contributed by atoms with Crippen LogP contribution in [0.1, 0.15) is 47.0 Å². The maximum Gasteiger partial charge on any atom is 0.290 e. The van der Waals surface area contributed by atoms with Gasteiger partial charge >= 0.3 is 0 Å². The van der Waals surface area contributed by atoms with E-state index in [1.807, 2.05) is 6.92 Å². The number of hydrogen-bond acceptors (Lipinski definition) is 4. The first kappa shape index (κ1) is 21.1. The predicted molar refractivity (Wildman–Crippen MR) is 107 cm³/mol. The second kappa shape index (κ2) is 9.25. The van der Waals surface area contributed by atoms with Crippen molar-refractivity contribution in [1.29, 1.82) is 0 Å². The smallest absolute Gasteiger partial charge is 0.267 e. The third-order valence-corrected chi connectivity index (χ3v) is 4.53. The van der Waals surface area contributed by atoms with Gasteiger partial charge in [0.1, 0.15) is 0 Å². The number of rotatable bonds is 6. The van der Waals surface area contributed by atoms with Gasteiger partial charge in [0.05, 0.1) is 5.39 Å². The monoisotopic (exact) mass is 414 g/mol. The minimum Gasteiger partial charge on any atom is -0.267 e. The first-order valence-corrected chi connectivity index (χ1v) is 9.48. The molecule has 7 nitrogen and oxygen atoms in total. The van der Waals surface area contributed by atoms with Gasteiger partial charge in [-0.05, 0) is 30.7 Å². The van der Waals surface area contributed by atoms with Crippen molar-refractivity contribution in [3.63, 3.8) is 0 Å². The summed E-state index contributed by atoms with van der Waals surface area (Å²) in [6.45, 7) is 2.39. The van der Waals surface area contributed by atoms with E-state index in [1.165, 1.54) is 4.68 Å². The molecule has 0 radical (unpaired) electrons. The van der Waals surface area contributed by atoms with E-state index in [-0.39, 0.29) is 16.8 Å². The van der Waals surface area contributed by atoms with Gasteiger partial charge in [-0.3, -0.25) is 25.2 Å². The van der Waals surface area contributed by atoms with Crippen molar-refractivity contribution in [2.24, 2.45) is 0 Å². The van der Waals surface area contributed by atoms with E-state index in [0.29, 0.717) is 17.3 Å². The summed E-state index contributed by atoms with van der Waals surface area (Å²) in [6.07, 6.45) is 2.61. The highest BCUT2D eigenvalue weighted by atomic mass is 19.2. The molecule has 0 spiro atoms. The molecule has 1 heterocycles. The van der Waals surface area contributed by atoms with E-state index in [0.717, 1.165) is 37.5 Å². The summed E-state index contributed by atoms with van der Waals surface area (Å²) >= 11 is 0. The Balaban J connectivity index is 1.84. The molecule has 2 N–H and O–H groups in total. The molecule has 0 aliphatic heterocycles. The van der Waals surface area contributed by atoms with Crippen LogP contribution in [0.3, 0.4) is 0 Å². The van der Waals surface area contributed by atoms with Gasteiger partial charge < -0.3 is 0 Å². The van der Waals surface area contributed by atoms with Crippen LogP contribution in [0, 0.1) is 11.6 Å². The number of nitrogens with zero attached hydrogens (tertiary/aromatic N) is 2. The average molecular weight is 414 g/mol. The number of hydrogen-bond donors (Lipinski definition) is 2. The SMILES string of the molecule is CCCCCn1nc(C(=O)NNC(=O)c2ccc(F)c(F)c2)c2ccccc2c1=O. The summed E-state index contributed by atoms with van der Waals surface area (Å²) in [5, 5.41) is 4.86. The van der Waals surface area contributed by atoms with Crippen molar-refractivity contribution in [2.75, 3.05) is 0 Å². The number of hydrazine groups is 1. The molecule has 0 aliphatic carbocycles. The quantitative estimate of drug-likeness (QED) is 0.479. The molecule has 3 rings (SSSR count). The number of fused-ring (bicyclic) bond motifs is 1. The molecule has 0 atom stereocenters. The minimum atomic E-state index is -1.18. The van der Waals surface area contributed by atoms with Crippen molar-refractivity contribution in [1.82, 2.24) is 20.6 Å². The Hall–Kier alpha value is -3.62. The molecule has 2 amide bonds. The highest BCUT2D eigenvalue weighted by Crippen LogP contribution is 2.14. The Morgan fingerprint density at radius 2 is 1.67 bits per heavy atom. The van der Waals surface area contributed by atoms with Gasteiger partial charge in [0.15, 0.2) is 17.3 Å². The van der Waals surface area contributed by atoms with Crippen molar-refractivity contribution >= 4 is 22.6 Å². The molecule has 9 heteroatoms. The second-order valence-corrected chi connectivity index (χ2v) is 6.67. The average Bonchev–Trinajstić information content (AvgIpc) is 2.75. The first-order chi connectivity index (χ1) is 14.4. The molecule has 0 unspecified atom stereocenters. The number of halogens is 2. The molecular weight excluding hydrogens is 394 g/mol. The Morgan fingerprint density at radius 3 is 2.37 bits per heavy atom. The number of benzene rings is 2. The van der Waals surface area contributed by atoms with Crippen LogP contribution in [0.2, 0.25) is 0 Å². The lowest BCUT2D eigenvalue weighted by Crippen LogP contribution is -2.42.